The molecule has 1 atom stereocenters. The van der Waals surface area contributed by atoms with E-state index in [-0.39, 0.29) is 17.9 Å². The molecule has 1 aliphatic rings. The molecule has 2 heterocycles. The Labute approximate surface area is 168 Å². The number of rotatable bonds is 6. The molecule has 0 saturated carbocycles. The minimum absolute atomic E-state index is 0.0443. The van der Waals surface area contributed by atoms with E-state index in [4.69, 9.17) is 11.6 Å². The normalized spacial score (nSPS) is 15.9. The summed E-state index contributed by atoms with van der Waals surface area (Å²) in [6.07, 6.45) is 4.47. The van der Waals surface area contributed by atoms with E-state index < -0.39 is 0 Å². The number of nitrogens with one attached hydrogen (secondary N) is 2. The van der Waals surface area contributed by atoms with Gasteiger partial charge in [-0.2, -0.15) is 0 Å². The molecule has 146 valence electrons. The molecule has 7 nitrogen and oxygen atoms in total. The van der Waals surface area contributed by atoms with Crippen LogP contribution in [0, 0.1) is 0 Å². The number of nitrogens with zero attached hydrogens (tertiary/aromatic N) is 3. The van der Waals surface area contributed by atoms with Gasteiger partial charge in [0.1, 0.15) is 0 Å². The summed E-state index contributed by atoms with van der Waals surface area (Å²) in [5.74, 6) is 0.245. The third-order valence-electron chi connectivity index (χ3n) is 4.57. The number of halogens is 1. The Balaban J connectivity index is 1.56. The topological polar surface area (TPSA) is 87.2 Å². The Morgan fingerprint density at radius 1 is 1.25 bits per heavy atom. The fourth-order valence-electron chi connectivity index (χ4n) is 2.89. The summed E-state index contributed by atoms with van der Waals surface area (Å²) in [6, 6.07) is 6.97. The lowest BCUT2D eigenvalue weighted by atomic mass is 10.1. The molecule has 0 bridgehead atoms. The van der Waals surface area contributed by atoms with E-state index in [2.05, 4.69) is 27.2 Å². The van der Waals surface area contributed by atoms with Crippen LogP contribution < -0.4 is 10.6 Å². The van der Waals surface area contributed by atoms with Crippen molar-refractivity contribution in [2.45, 2.75) is 25.8 Å². The molecule has 2 N–H and O–H groups in total. The van der Waals surface area contributed by atoms with Gasteiger partial charge in [0.25, 0.3) is 11.8 Å². The van der Waals surface area contributed by atoms with Crippen molar-refractivity contribution in [1.82, 2.24) is 14.9 Å². The van der Waals surface area contributed by atoms with E-state index in [1.54, 1.807) is 29.2 Å². The number of anilines is 2. The van der Waals surface area contributed by atoms with Crippen molar-refractivity contribution in [3.63, 3.8) is 0 Å². The highest BCUT2D eigenvalue weighted by molar-refractivity contribution is 6.30. The van der Waals surface area contributed by atoms with E-state index in [0.717, 1.165) is 6.42 Å². The maximum Gasteiger partial charge on any atom is 0.253 e. The van der Waals surface area contributed by atoms with Crippen LogP contribution in [0.4, 0.5) is 11.6 Å². The standard InChI is InChI=1S/C20H22ClN5O2/c1-3-13(2)18(27)24-16-6-4-14(5-7-16)19(28)26-9-8-17(12-26)25-20-22-10-15(21)11-23-20/h4-7,10-11,17H,2-3,8-9,12H2,1H3,(H,24,27)(H,22,23,25). The van der Waals surface area contributed by atoms with Crippen LogP contribution in [0.15, 0.2) is 48.8 Å². The van der Waals surface area contributed by atoms with Gasteiger partial charge in [-0.1, -0.05) is 25.1 Å². The summed E-state index contributed by atoms with van der Waals surface area (Å²) in [7, 11) is 0. The van der Waals surface area contributed by atoms with Crippen molar-refractivity contribution in [3.8, 4) is 0 Å². The van der Waals surface area contributed by atoms with E-state index in [9.17, 15) is 9.59 Å². The van der Waals surface area contributed by atoms with Crippen molar-refractivity contribution in [2.24, 2.45) is 0 Å². The first-order valence-corrected chi connectivity index (χ1v) is 9.46. The number of likely N-dealkylation sites (tertiary alicyclic amines) is 1. The van der Waals surface area contributed by atoms with Gasteiger partial charge in [0.15, 0.2) is 0 Å². The first-order chi connectivity index (χ1) is 13.5. The second-order valence-electron chi connectivity index (χ2n) is 6.59. The summed E-state index contributed by atoms with van der Waals surface area (Å²) >= 11 is 5.79. The van der Waals surface area contributed by atoms with Crippen molar-refractivity contribution in [2.75, 3.05) is 23.7 Å². The van der Waals surface area contributed by atoms with E-state index in [1.807, 2.05) is 6.92 Å². The van der Waals surface area contributed by atoms with Gasteiger partial charge >= 0.3 is 0 Å². The number of benzene rings is 1. The summed E-state index contributed by atoms with van der Waals surface area (Å²) in [5.41, 5.74) is 1.73. The van der Waals surface area contributed by atoms with Crippen LogP contribution in [0.5, 0.6) is 0 Å². The van der Waals surface area contributed by atoms with Crippen LogP contribution in [0.25, 0.3) is 0 Å². The predicted molar refractivity (Wildman–Crippen MR) is 109 cm³/mol. The Kier molecular flexibility index (Phi) is 6.26. The molecule has 1 fully saturated rings. The average molecular weight is 400 g/mol. The zero-order chi connectivity index (χ0) is 20.1. The molecule has 1 saturated heterocycles. The van der Waals surface area contributed by atoms with Gasteiger partial charge in [-0.3, -0.25) is 9.59 Å². The Bertz CT molecular complexity index is 867. The quantitative estimate of drug-likeness (QED) is 0.727. The van der Waals surface area contributed by atoms with Gasteiger partial charge in [-0.05, 0) is 37.1 Å². The summed E-state index contributed by atoms with van der Waals surface area (Å²) in [6.45, 7) is 6.81. The lowest BCUT2D eigenvalue weighted by Gasteiger charge is -2.17. The molecule has 0 radical (unpaired) electrons. The monoisotopic (exact) mass is 399 g/mol. The third kappa shape index (κ3) is 4.86. The smallest absolute Gasteiger partial charge is 0.253 e. The van der Waals surface area contributed by atoms with Crippen molar-refractivity contribution in [3.05, 3.63) is 59.4 Å². The van der Waals surface area contributed by atoms with Gasteiger partial charge in [0.2, 0.25) is 5.95 Å². The molecule has 2 amide bonds. The van der Waals surface area contributed by atoms with E-state index in [0.29, 0.717) is 47.3 Å². The van der Waals surface area contributed by atoms with Crippen LogP contribution in [0.3, 0.4) is 0 Å². The number of aromatic nitrogens is 2. The van der Waals surface area contributed by atoms with Crippen LogP contribution in [-0.2, 0) is 4.79 Å². The van der Waals surface area contributed by atoms with E-state index in [1.165, 1.54) is 12.4 Å². The maximum atomic E-state index is 12.7. The Morgan fingerprint density at radius 3 is 2.57 bits per heavy atom. The maximum absolute atomic E-state index is 12.7. The summed E-state index contributed by atoms with van der Waals surface area (Å²) in [4.78, 5) is 34.6. The summed E-state index contributed by atoms with van der Waals surface area (Å²) < 4.78 is 0. The molecular formula is C20H22ClN5O2. The first-order valence-electron chi connectivity index (χ1n) is 9.09. The molecule has 8 heteroatoms. The molecule has 0 spiro atoms. The molecule has 2 aromatic rings. The number of hydrogen-bond acceptors (Lipinski definition) is 5. The molecule has 1 aromatic heterocycles. The molecule has 3 rings (SSSR count). The molecule has 1 aliphatic heterocycles. The minimum Gasteiger partial charge on any atom is -0.350 e. The molecule has 28 heavy (non-hydrogen) atoms. The Hall–Kier alpha value is -2.93. The number of hydrogen-bond donors (Lipinski definition) is 2. The van der Waals surface area contributed by atoms with Crippen LogP contribution in [0.2, 0.25) is 5.02 Å². The largest absolute Gasteiger partial charge is 0.350 e. The molecular weight excluding hydrogens is 378 g/mol. The second kappa shape index (κ2) is 8.84. The molecule has 1 aromatic carbocycles. The highest BCUT2D eigenvalue weighted by Gasteiger charge is 2.27. The van der Waals surface area contributed by atoms with E-state index >= 15 is 0 Å². The highest BCUT2D eigenvalue weighted by atomic mass is 35.5. The van der Waals surface area contributed by atoms with Crippen LogP contribution in [-0.4, -0.2) is 45.8 Å². The van der Waals surface area contributed by atoms with Gasteiger partial charge < -0.3 is 15.5 Å². The molecule has 0 aliphatic carbocycles. The minimum atomic E-state index is -0.209. The Morgan fingerprint density at radius 2 is 1.93 bits per heavy atom. The first kappa shape index (κ1) is 19.8. The fraction of sp³-hybridized carbons (Fsp3) is 0.300. The number of carbonyl (C=O) groups is 2. The third-order valence-corrected chi connectivity index (χ3v) is 4.76. The number of amides is 2. The van der Waals surface area contributed by atoms with Crippen LogP contribution in [0.1, 0.15) is 30.1 Å². The number of carbonyl (C=O) groups excluding carboxylic acids is 2. The predicted octanol–water partition coefficient (Wildman–Crippen LogP) is 3.36. The highest BCUT2D eigenvalue weighted by Crippen LogP contribution is 2.18. The van der Waals surface area contributed by atoms with Gasteiger partial charge in [-0.15, -0.1) is 0 Å². The van der Waals surface area contributed by atoms with Crippen molar-refractivity contribution >= 4 is 35.1 Å². The van der Waals surface area contributed by atoms with Gasteiger partial charge in [-0.25, -0.2) is 9.97 Å². The van der Waals surface area contributed by atoms with Gasteiger partial charge in [0, 0.05) is 36.0 Å². The fourth-order valence-corrected chi connectivity index (χ4v) is 2.99. The average Bonchev–Trinajstić information content (AvgIpc) is 3.17. The lowest BCUT2D eigenvalue weighted by Crippen LogP contribution is -2.31. The zero-order valence-electron chi connectivity index (χ0n) is 15.6. The van der Waals surface area contributed by atoms with Crippen LogP contribution >= 0.6 is 11.6 Å². The molecule has 1 unspecified atom stereocenters. The zero-order valence-corrected chi connectivity index (χ0v) is 16.4. The van der Waals surface area contributed by atoms with Gasteiger partial charge in [0.05, 0.1) is 17.4 Å². The lowest BCUT2D eigenvalue weighted by molar-refractivity contribution is -0.112. The SMILES string of the molecule is C=C(CC)C(=O)Nc1ccc(C(=O)N2CCC(Nc3ncc(Cl)cn3)C2)cc1. The van der Waals surface area contributed by atoms with Crippen molar-refractivity contribution < 1.29 is 9.59 Å². The second-order valence-corrected chi connectivity index (χ2v) is 7.03. The summed E-state index contributed by atoms with van der Waals surface area (Å²) in [5, 5.41) is 6.47. The van der Waals surface area contributed by atoms with Crippen molar-refractivity contribution in [1.29, 1.82) is 0 Å².